The summed E-state index contributed by atoms with van der Waals surface area (Å²) in [5.74, 6) is 0. The molecule has 1 N–H and O–H groups in total. The molecule has 2 heteroatoms. The minimum Gasteiger partial charge on any atom is -0.311 e. The number of nitrogens with one attached hydrogen (secondary N) is 1. The van der Waals surface area contributed by atoms with Crippen LogP contribution < -0.4 is 5.32 Å². The van der Waals surface area contributed by atoms with Crippen molar-refractivity contribution in [1.29, 1.82) is 0 Å². The van der Waals surface area contributed by atoms with E-state index in [4.69, 9.17) is 0 Å². The van der Waals surface area contributed by atoms with Gasteiger partial charge in [0, 0.05) is 31.2 Å². The third-order valence-electron chi connectivity index (χ3n) is 4.20. The summed E-state index contributed by atoms with van der Waals surface area (Å²) in [7, 11) is 0. The van der Waals surface area contributed by atoms with Crippen molar-refractivity contribution < 1.29 is 0 Å². The molecule has 2 aliphatic rings. The number of rotatable bonds is 2. The molecule has 2 nitrogen and oxygen atoms in total. The Morgan fingerprint density at radius 1 is 1.38 bits per heavy atom. The van der Waals surface area contributed by atoms with E-state index in [-0.39, 0.29) is 0 Å². The Balaban J connectivity index is 2.06. The van der Waals surface area contributed by atoms with Gasteiger partial charge in [-0.3, -0.25) is 4.90 Å². The second-order valence-electron chi connectivity index (χ2n) is 5.90. The first-order valence-electron chi connectivity index (χ1n) is 6.74. The summed E-state index contributed by atoms with van der Waals surface area (Å²) in [4.78, 5) is 2.73. The molecule has 0 aromatic heterocycles. The highest BCUT2D eigenvalue weighted by molar-refractivity contribution is 5.05. The average Bonchev–Trinajstić information content (AvgIpc) is 2.69. The maximum absolute atomic E-state index is 3.67. The standard InChI is InChI=1S/C14H26N2/c1-12(2)6-9-16-10-13(3)15-11-14(16)7-4-5-8-14/h6,13,15H,4-5,7-11H2,1-3H3. The molecule has 1 heterocycles. The second-order valence-corrected chi connectivity index (χ2v) is 5.90. The van der Waals surface area contributed by atoms with Crippen molar-refractivity contribution >= 4 is 0 Å². The number of allylic oxidation sites excluding steroid dienone is 1. The zero-order valence-electron chi connectivity index (χ0n) is 11.1. The van der Waals surface area contributed by atoms with Crippen LogP contribution in [0.15, 0.2) is 11.6 Å². The summed E-state index contributed by atoms with van der Waals surface area (Å²) in [5.41, 5.74) is 1.93. The molecule has 1 aliphatic heterocycles. The van der Waals surface area contributed by atoms with Gasteiger partial charge in [-0.1, -0.05) is 24.5 Å². The Bertz CT molecular complexity index is 260. The molecule has 2 rings (SSSR count). The Kier molecular flexibility index (Phi) is 3.70. The van der Waals surface area contributed by atoms with Crippen molar-refractivity contribution in [1.82, 2.24) is 10.2 Å². The Morgan fingerprint density at radius 3 is 2.69 bits per heavy atom. The van der Waals surface area contributed by atoms with E-state index in [0.29, 0.717) is 11.6 Å². The van der Waals surface area contributed by atoms with Crippen LogP contribution in [0.3, 0.4) is 0 Å². The molecule has 0 amide bonds. The second kappa shape index (κ2) is 4.89. The van der Waals surface area contributed by atoms with Gasteiger partial charge in [0.2, 0.25) is 0 Å². The number of hydrogen-bond donors (Lipinski definition) is 1. The summed E-state index contributed by atoms with van der Waals surface area (Å²) < 4.78 is 0. The highest BCUT2D eigenvalue weighted by atomic mass is 15.3. The predicted molar refractivity (Wildman–Crippen MR) is 69.7 cm³/mol. The lowest BCUT2D eigenvalue weighted by Crippen LogP contribution is -2.62. The van der Waals surface area contributed by atoms with Gasteiger partial charge in [0.1, 0.15) is 0 Å². The summed E-state index contributed by atoms with van der Waals surface area (Å²) in [6.07, 6.45) is 8.01. The van der Waals surface area contributed by atoms with Crippen LogP contribution in [0.1, 0.15) is 46.5 Å². The van der Waals surface area contributed by atoms with E-state index in [2.05, 4.69) is 37.1 Å². The lowest BCUT2D eigenvalue weighted by Gasteiger charge is -2.47. The van der Waals surface area contributed by atoms with Gasteiger partial charge in [-0.2, -0.15) is 0 Å². The van der Waals surface area contributed by atoms with E-state index in [9.17, 15) is 0 Å². The Morgan fingerprint density at radius 2 is 2.06 bits per heavy atom. The van der Waals surface area contributed by atoms with Crippen LogP contribution in [-0.2, 0) is 0 Å². The number of piperazine rings is 1. The van der Waals surface area contributed by atoms with Crippen LogP contribution in [0.4, 0.5) is 0 Å². The predicted octanol–water partition coefficient (Wildman–Crippen LogP) is 2.56. The molecule has 2 fully saturated rings. The quantitative estimate of drug-likeness (QED) is 0.722. The Hall–Kier alpha value is -0.340. The van der Waals surface area contributed by atoms with E-state index >= 15 is 0 Å². The van der Waals surface area contributed by atoms with Gasteiger partial charge in [0.05, 0.1) is 0 Å². The molecular weight excluding hydrogens is 196 g/mol. The first-order valence-corrected chi connectivity index (χ1v) is 6.74. The minimum atomic E-state index is 0.485. The topological polar surface area (TPSA) is 15.3 Å². The molecule has 1 atom stereocenters. The van der Waals surface area contributed by atoms with Gasteiger partial charge in [-0.05, 0) is 33.6 Å². The van der Waals surface area contributed by atoms with Crippen molar-refractivity contribution in [2.75, 3.05) is 19.6 Å². The minimum absolute atomic E-state index is 0.485. The molecule has 1 aliphatic carbocycles. The van der Waals surface area contributed by atoms with Crippen molar-refractivity contribution in [3.8, 4) is 0 Å². The summed E-state index contributed by atoms with van der Waals surface area (Å²) >= 11 is 0. The van der Waals surface area contributed by atoms with Gasteiger partial charge in [-0.15, -0.1) is 0 Å². The van der Waals surface area contributed by atoms with E-state index < -0.39 is 0 Å². The van der Waals surface area contributed by atoms with Crippen LogP contribution >= 0.6 is 0 Å². The lowest BCUT2D eigenvalue weighted by molar-refractivity contribution is 0.0580. The van der Waals surface area contributed by atoms with Crippen LogP contribution in [0, 0.1) is 0 Å². The van der Waals surface area contributed by atoms with E-state index in [1.807, 2.05) is 0 Å². The lowest BCUT2D eigenvalue weighted by atomic mass is 9.91. The Labute approximate surface area is 100 Å². The maximum Gasteiger partial charge on any atom is 0.0338 e. The fourth-order valence-electron chi connectivity index (χ4n) is 3.15. The smallest absolute Gasteiger partial charge is 0.0338 e. The third kappa shape index (κ3) is 2.49. The van der Waals surface area contributed by atoms with Gasteiger partial charge in [0.25, 0.3) is 0 Å². The van der Waals surface area contributed by atoms with E-state index in [1.165, 1.54) is 44.3 Å². The van der Waals surface area contributed by atoms with Crippen LogP contribution in [0.5, 0.6) is 0 Å². The molecule has 1 spiro atoms. The number of hydrogen-bond acceptors (Lipinski definition) is 2. The molecule has 1 unspecified atom stereocenters. The zero-order chi connectivity index (χ0) is 11.6. The highest BCUT2D eigenvalue weighted by Crippen LogP contribution is 2.36. The SMILES string of the molecule is CC(C)=CCN1CC(C)NCC12CCCC2. The van der Waals surface area contributed by atoms with Gasteiger partial charge >= 0.3 is 0 Å². The first-order chi connectivity index (χ1) is 7.62. The molecule has 0 radical (unpaired) electrons. The van der Waals surface area contributed by atoms with Crippen LogP contribution in [-0.4, -0.2) is 36.1 Å². The van der Waals surface area contributed by atoms with Crippen molar-refractivity contribution in [2.24, 2.45) is 0 Å². The molecule has 1 saturated heterocycles. The normalized spacial score (nSPS) is 29.6. The van der Waals surface area contributed by atoms with Crippen molar-refractivity contribution in [2.45, 2.75) is 58.0 Å². The summed E-state index contributed by atoms with van der Waals surface area (Å²) in [5, 5.41) is 3.67. The van der Waals surface area contributed by atoms with Crippen LogP contribution in [0.2, 0.25) is 0 Å². The van der Waals surface area contributed by atoms with E-state index in [0.717, 1.165) is 6.54 Å². The summed E-state index contributed by atoms with van der Waals surface area (Å²) in [6.45, 7) is 10.3. The fraction of sp³-hybridized carbons (Fsp3) is 0.857. The zero-order valence-corrected chi connectivity index (χ0v) is 11.1. The monoisotopic (exact) mass is 222 g/mol. The molecule has 0 bridgehead atoms. The van der Waals surface area contributed by atoms with E-state index in [1.54, 1.807) is 0 Å². The average molecular weight is 222 g/mol. The number of nitrogens with zero attached hydrogens (tertiary/aromatic N) is 1. The van der Waals surface area contributed by atoms with Crippen LogP contribution in [0.25, 0.3) is 0 Å². The van der Waals surface area contributed by atoms with Gasteiger partial charge in [0.15, 0.2) is 0 Å². The third-order valence-corrected chi connectivity index (χ3v) is 4.20. The van der Waals surface area contributed by atoms with Crippen molar-refractivity contribution in [3.63, 3.8) is 0 Å². The maximum atomic E-state index is 3.67. The summed E-state index contributed by atoms with van der Waals surface area (Å²) in [6, 6.07) is 0.650. The molecule has 0 aromatic carbocycles. The van der Waals surface area contributed by atoms with Gasteiger partial charge in [-0.25, -0.2) is 0 Å². The van der Waals surface area contributed by atoms with Crippen molar-refractivity contribution in [3.05, 3.63) is 11.6 Å². The largest absolute Gasteiger partial charge is 0.311 e. The first kappa shape index (κ1) is 12.1. The fourth-order valence-corrected chi connectivity index (χ4v) is 3.15. The molecule has 16 heavy (non-hydrogen) atoms. The van der Waals surface area contributed by atoms with Gasteiger partial charge < -0.3 is 5.32 Å². The highest BCUT2D eigenvalue weighted by Gasteiger charge is 2.41. The molecule has 1 saturated carbocycles. The molecule has 92 valence electrons. The molecule has 0 aromatic rings. The molecular formula is C14H26N2.